The lowest BCUT2D eigenvalue weighted by atomic mass is 9.47. The van der Waals surface area contributed by atoms with Crippen molar-refractivity contribution < 1.29 is 18.7 Å². The van der Waals surface area contributed by atoms with Crippen LogP contribution in [0.5, 0.6) is 0 Å². The van der Waals surface area contributed by atoms with Crippen LogP contribution in [0.1, 0.15) is 48.0 Å². The minimum Gasteiger partial charge on any atom is -0.469 e. The van der Waals surface area contributed by atoms with E-state index in [1.807, 2.05) is 22.9 Å². The quantitative estimate of drug-likeness (QED) is 0.238. The van der Waals surface area contributed by atoms with E-state index < -0.39 is 0 Å². The van der Waals surface area contributed by atoms with Crippen LogP contribution >= 0.6 is 0 Å². The van der Waals surface area contributed by atoms with Gasteiger partial charge in [-0.3, -0.25) is 9.59 Å². The second kappa shape index (κ2) is 8.33. The fourth-order valence-electron chi connectivity index (χ4n) is 6.51. The standard InChI is InChI=1S/C30H28FNO3/c1-35-29(34)23-16-30(17-23)14-20(15-30)13-27(33)25-8-9-26(31)24-10-11-32(28(24)25)18-19-6-7-21-4-2-3-5-22(21)12-19/h2-12,20,23H,13-18H2,1H3. The zero-order valence-electron chi connectivity index (χ0n) is 19.8. The summed E-state index contributed by atoms with van der Waals surface area (Å²) in [5, 5.41) is 2.83. The number of Topliss-reactive ketones (excluding diaryl/α,β-unsaturated/α-hetero) is 1. The van der Waals surface area contributed by atoms with Gasteiger partial charge in [0.15, 0.2) is 5.78 Å². The number of aromatic nitrogens is 1. The van der Waals surface area contributed by atoms with Crippen molar-refractivity contribution in [1.82, 2.24) is 4.57 Å². The summed E-state index contributed by atoms with van der Waals surface area (Å²) in [6, 6.07) is 19.4. The Morgan fingerprint density at radius 2 is 1.77 bits per heavy atom. The predicted molar refractivity (Wildman–Crippen MR) is 134 cm³/mol. The van der Waals surface area contributed by atoms with Gasteiger partial charge in [0.25, 0.3) is 0 Å². The van der Waals surface area contributed by atoms with Crippen molar-refractivity contribution in [2.45, 2.75) is 38.6 Å². The SMILES string of the molecule is COC(=O)C1CC2(CC(CC(=O)c3ccc(F)c4ccn(Cc5ccc6ccccc6c5)c34)C2)C1. The van der Waals surface area contributed by atoms with Gasteiger partial charge in [0, 0.05) is 30.1 Å². The van der Waals surface area contributed by atoms with Crippen molar-refractivity contribution in [1.29, 1.82) is 0 Å². The van der Waals surface area contributed by atoms with Crippen molar-refractivity contribution in [3.63, 3.8) is 0 Å². The summed E-state index contributed by atoms with van der Waals surface area (Å²) in [6.07, 6.45) is 6.05. The minimum absolute atomic E-state index is 0.0201. The molecule has 1 heterocycles. The number of hydrogen-bond acceptors (Lipinski definition) is 3. The number of carbonyl (C=O) groups is 2. The summed E-state index contributed by atoms with van der Waals surface area (Å²) in [5.74, 6) is -0.00947. The summed E-state index contributed by atoms with van der Waals surface area (Å²) in [4.78, 5) is 25.1. The Bertz CT molecular complexity index is 1460. The average molecular weight is 470 g/mol. The number of nitrogens with zero attached hydrogens (tertiary/aromatic N) is 1. The third-order valence-electron chi connectivity index (χ3n) is 8.15. The highest BCUT2D eigenvalue weighted by molar-refractivity contribution is 6.07. The molecule has 4 nitrogen and oxygen atoms in total. The van der Waals surface area contributed by atoms with Gasteiger partial charge in [0.1, 0.15) is 5.82 Å². The number of benzene rings is 3. The van der Waals surface area contributed by atoms with E-state index in [9.17, 15) is 14.0 Å². The second-order valence-electron chi connectivity index (χ2n) is 10.5. The Labute approximate surface area is 203 Å². The number of rotatable bonds is 6. The smallest absolute Gasteiger partial charge is 0.308 e. The fraction of sp³-hybridized carbons (Fsp3) is 0.333. The molecular formula is C30H28FNO3. The number of fused-ring (bicyclic) bond motifs is 2. The van der Waals surface area contributed by atoms with E-state index in [1.165, 1.54) is 18.6 Å². The maximum Gasteiger partial charge on any atom is 0.308 e. The predicted octanol–water partition coefficient (Wildman–Crippen LogP) is 6.53. The van der Waals surface area contributed by atoms with Crippen molar-refractivity contribution in [2.24, 2.45) is 17.3 Å². The van der Waals surface area contributed by atoms with Gasteiger partial charge in [0.05, 0.1) is 18.5 Å². The van der Waals surface area contributed by atoms with Crippen molar-refractivity contribution in [3.05, 3.63) is 83.8 Å². The monoisotopic (exact) mass is 469 g/mol. The van der Waals surface area contributed by atoms with Crippen molar-refractivity contribution in [2.75, 3.05) is 7.11 Å². The zero-order valence-corrected chi connectivity index (χ0v) is 19.8. The molecule has 3 aromatic carbocycles. The van der Waals surface area contributed by atoms with E-state index in [0.29, 0.717) is 35.3 Å². The molecule has 2 saturated carbocycles. The van der Waals surface area contributed by atoms with Gasteiger partial charge in [0.2, 0.25) is 0 Å². The molecule has 2 aliphatic rings. The lowest BCUT2D eigenvalue weighted by Crippen LogP contribution is -2.50. The lowest BCUT2D eigenvalue weighted by Gasteiger charge is -2.57. The number of methoxy groups -OCH3 is 1. The minimum atomic E-state index is -0.306. The number of ether oxygens (including phenoxy) is 1. The van der Waals surface area contributed by atoms with Crippen LogP contribution in [0.3, 0.4) is 0 Å². The molecular weight excluding hydrogens is 441 g/mol. The first-order valence-electron chi connectivity index (χ1n) is 12.3. The van der Waals surface area contributed by atoms with Gasteiger partial charge >= 0.3 is 5.97 Å². The molecule has 6 rings (SSSR count). The summed E-state index contributed by atoms with van der Waals surface area (Å²) in [5.41, 5.74) is 2.59. The topological polar surface area (TPSA) is 48.3 Å². The highest BCUT2D eigenvalue weighted by atomic mass is 19.1. The molecule has 0 saturated heterocycles. The molecule has 5 heteroatoms. The van der Waals surface area contributed by atoms with Crippen LogP contribution in [0.25, 0.3) is 21.7 Å². The molecule has 2 fully saturated rings. The summed E-state index contributed by atoms with van der Waals surface area (Å²) in [6.45, 7) is 0.569. The molecule has 0 aliphatic heterocycles. The third-order valence-corrected chi connectivity index (χ3v) is 8.15. The first-order valence-corrected chi connectivity index (χ1v) is 12.3. The molecule has 1 spiro atoms. The first kappa shape index (κ1) is 22.0. The second-order valence-corrected chi connectivity index (χ2v) is 10.5. The number of halogens is 1. The Morgan fingerprint density at radius 1 is 1.00 bits per heavy atom. The van der Waals surface area contributed by atoms with Crippen LogP contribution in [0.15, 0.2) is 66.9 Å². The third kappa shape index (κ3) is 3.83. The number of hydrogen-bond donors (Lipinski definition) is 0. The molecule has 0 radical (unpaired) electrons. The molecule has 178 valence electrons. The van der Waals surface area contributed by atoms with Crippen LogP contribution in [0.2, 0.25) is 0 Å². The highest BCUT2D eigenvalue weighted by Crippen LogP contribution is 2.62. The van der Waals surface area contributed by atoms with Crippen molar-refractivity contribution >= 4 is 33.4 Å². The molecule has 0 N–H and O–H groups in total. The lowest BCUT2D eigenvalue weighted by molar-refractivity contribution is -0.161. The van der Waals surface area contributed by atoms with E-state index in [0.717, 1.165) is 36.6 Å². The van der Waals surface area contributed by atoms with Crippen LogP contribution in [0.4, 0.5) is 4.39 Å². The fourth-order valence-corrected chi connectivity index (χ4v) is 6.51. The van der Waals surface area contributed by atoms with Gasteiger partial charge in [-0.05, 0) is 77.6 Å². The zero-order chi connectivity index (χ0) is 24.2. The van der Waals surface area contributed by atoms with Crippen LogP contribution in [-0.4, -0.2) is 23.4 Å². The van der Waals surface area contributed by atoms with Crippen LogP contribution in [0, 0.1) is 23.1 Å². The van der Waals surface area contributed by atoms with E-state index in [4.69, 9.17) is 4.74 Å². The Hall–Kier alpha value is -3.47. The Balaban J connectivity index is 1.21. The number of carbonyl (C=O) groups excluding carboxylic acids is 2. The highest BCUT2D eigenvalue weighted by Gasteiger charge is 2.55. The molecule has 35 heavy (non-hydrogen) atoms. The normalized spacial score (nSPS) is 23.3. The van der Waals surface area contributed by atoms with Crippen LogP contribution in [-0.2, 0) is 16.1 Å². The molecule has 1 aromatic heterocycles. The number of ketones is 1. The Kier molecular flexibility index (Phi) is 5.24. The van der Waals surface area contributed by atoms with Crippen molar-refractivity contribution in [3.8, 4) is 0 Å². The average Bonchev–Trinajstić information content (AvgIpc) is 3.23. The Morgan fingerprint density at radius 3 is 2.54 bits per heavy atom. The van der Waals surface area contributed by atoms with E-state index in [-0.39, 0.29) is 28.9 Å². The summed E-state index contributed by atoms with van der Waals surface area (Å²) in [7, 11) is 1.44. The van der Waals surface area contributed by atoms with Gasteiger partial charge < -0.3 is 9.30 Å². The van der Waals surface area contributed by atoms with Gasteiger partial charge in [-0.15, -0.1) is 0 Å². The molecule has 0 unspecified atom stereocenters. The van der Waals surface area contributed by atoms with E-state index in [1.54, 1.807) is 12.1 Å². The molecule has 0 amide bonds. The first-order chi connectivity index (χ1) is 16.9. The number of esters is 1. The molecule has 4 aromatic rings. The van der Waals surface area contributed by atoms with E-state index >= 15 is 0 Å². The van der Waals surface area contributed by atoms with Gasteiger partial charge in [-0.1, -0.05) is 36.4 Å². The maximum atomic E-state index is 14.7. The van der Waals surface area contributed by atoms with Gasteiger partial charge in [-0.25, -0.2) is 4.39 Å². The molecule has 0 bridgehead atoms. The van der Waals surface area contributed by atoms with Gasteiger partial charge in [-0.2, -0.15) is 0 Å². The largest absolute Gasteiger partial charge is 0.469 e. The summed E-state index contributed by atoms with van der Waals surface area (Å²) >= 11 is 0. The van der Waals surface area contributed by atoms with E-state index in [2.05, 4.69) is 30.3 Å². The molecule has 2 aliphatic carbocycles. The summed E-state index contributed by atoms with van der Waals surface area (Å²) < 4.78 is 21.5. The maximum absolute atomic E-state index is 14.7. The molecule has 0 atom stereocenters. The van der Waals surface area contributed by atoms with Crippen LogP contribution < -0.4 is 0 Å².